The predicted molar refractivity (Wildman–Crippen MR) is 118 cm³/mol. The highest BCUT2D eigenvalue weighted by atomic mass is 32.2. The molecule has 10 nitrogen and oxygen atoms in total. The third-order valence-electron chi connectivity index (χ3n) is 7.25. The maximum absolute atomic E-state index is 13.3. The van der Waals surface area contributed by atoms with E-state index in [2.05, 4.69) is 23.7 Å². The molecule has 3 aliphatic rings. The van der Waals surface area contributed by atoms with E-state index in [1.165, 1.54) is 6.33 Å². The highest BCUT2D eigenvalue weighted by Crippen LogP contribution is 2.58. The number of fused-ring (bicyclic) bond motifs is 1. The van der Waals surface area contributed by atoms with Gasteiger partial charge in [-0.3, -0.25) is 9.59 Å². The summed E-state index contributed by atoms with van der Waals surface area (Å²) >= 11 is 0. The molecule has 180 valence electrons. The van der Waals surface area contributed by atoms with Crippen LogP contribution in [0.1, 0.15) is 33.1 Å². The Morgan fingerprint density at radius 3 is 2.25 bits per heavy atom. The predicted octanol–water partition coefficient (Wildman–Crippen LogP) is 0.712. The second kappa shape index (κ2) is 9.11. The van der Waals surface area contributed by atoms with Crippen LogP contribution in [0.25, 0.3) is 0 Å². The molecule has 32 heavy (non-hydrogen) atoms. The van der Waals surface area contributed by atoms with Crippen molar-refractivity contribution in [2.75, 3.05) is 46.3 Å². The molecule has 3 fully saturated rings. The smallest absolute Gasteiger partial charge is 0.290 e. The van der Waals surface area contributed by atoms with E-state index in [0.717, 1.165) is 45.4 Å². The quantitative estimate of drug-likeness (QED) is 0.646. The number of likely N-dealkylation sites (tertiary alicyclic amines) is 2. The van der Waals surface area contributed by atoms with Gasteiger partial charge in [0.2, 0.25) is 5.91 Å². The number of aromatic nitrogens is 2. The van der Waals surface area contributed by atoms with E-state index in [4.69, 9.17) is 9.90 Å². The second-order valence-electron chi connectivity index (χ2n) is 9.79. The zero-order valence-corrected chi connectivity index (χ0v) is 20.2. The Morgan fingerprint density at radius 2 is 1.78 bits per heavy atom. The zero-order chi connectivity index (χ0) is 23.7. The molecule has 0 saturated carbocycles. The molecule has 1 atom stereocenters. The molecule has 1 N–H and O–H groups in total. The molecule has 1 amide bonds. The number of nitrogens with zero attached hydrogens (tertiary/aromatic N) is 5. The van der Waals surface area contributed by atoms with Gasteiger partial charge in [-0.1, -0.05) is 13.8 Å². The number of amides is 1. The van der Waals surface area contributed by atoms with Gasteiger partial charge in [0.15, 0.2) is 5.03 Å². The molecule has 1 aromatic rings. The molecule has 0 bridgehead atoms. The lowest BCUT2D eigenvalue weighted by Crippen LogP contribution is -2.53. The van der Waals surface area contributed by atoms with Gasteiger partial charge >= 0.3 is 0 Å². The van der Waals surface area contributed by atoms with Crippen molar-refractivity contribution in [3.8, 4) is 0 Å². The van der Waals surface area contributed by atoms with Crippen LogP contribution in [0.3, 0.4) is 0 Å². The summed E-state index contributed by atoms with van der Waals surface area (Å²) in [6, 6.07) is 0. The summed E-state index contributed by atoms with van der Waals surface area (Å²) in [4.78, 5) is 30.0. The number of rotatable bonds is 4. The number of imidazole rings is 1. The number of piperidine rings is 1. The Bertz CT molecular complexity index is 938. The Labute approximate surface area is 190 Å². The number of hydrogen-bond acceptors (Lipinski definition) is 6. The van der Waals surface area contributed by atoms with Gasteiger partial charge in [-0.25, -0.2) is 13.4 Å². The van der Waals surface area contributed by atoms with Crippen LogP contribution in [0, 0.1) is 16.7 Å². The van der Waals surface area contributed by atoms with E-state index < -0.39 is 10.0 Å². The standard InChI is InChI=1S/C20H33N5O3S.CH2O2/c1-16(2)11-24-13-19(20(14-24)7-8-23(4)18(20)26)5-9-25(10-6-19)29(27,28)17-12-22(3)15-21-17;2-1-3/h12,15-16H,5-11,13-14H2,1-4H3;1H,(H,2,3). The normalized spacial score (nSPS) is 26.2. The fourth-order valence-electron chi connectivity index (χ4n) is 5.85. The Morgan fingerprint density at radius 1 is 1.16 bits per heavy atom. The topological polar surface area (TPSA) is 116 Å². The van der Waals surface area contributed by atoms with Crippen molar-refractivity contribution < 1.29 is 23.1 Å². The van der Waals surface area contributed by atoms with Crippen molar-refractivity contribution in [3.63, 3.8) is 0 Å². The molecule has 2 spiro atoms. The number of hydrogen-bond donors (Lipinski definition) is 1. The average Bonchev–Trinajstić information content (AvgIpc) is 3.37. The van der Waals surface area contributed by atoms with Crippen LogP contribution in [-0.4, -0.2) is 95.9 Å². The van der Waals surface area contributed by atoms with Crippen molar-refractivity contribution in [3.05, 3.63) is 12.5 Å². The van der Waals surface area contributed by atoms with Gasteiger partial charge in [0.1, 0.15) is 0 Å². The molecule has 4 rings (SSSR count). The zero-order valence-electron chi connectivity index (χ0n) is 19.4. The second-order valence-corrected chi connectivity index (χ2v) is 11.7. The highest BCUT2D eigenvalue weighted by Gasteiger charge is 2.64. The van der Waals surface area contributed by atoms with Gasteiger partial charge in [0.05, 0.1) is 11.7 Å². The molecule has 3 aliphatic heterocycles. The molecule has 1 unspecified atom stereocenters. The third kappa shape index (κ3) is 4.17. The van der Waals surface area contributed by atoms with Crippen molar-refractivity contribution in [1.82, 2.24) is 23.7 Å². The summed E-state index contributed by atoms with van der Waals surface area (Å²) < 4.78 is 29.2. The molecule has 0 radical (unpaired) electrons. The van der Waals surface area contributed by atoms with E-state index in [-0.39, 0.29) is 28.2 Å². The SMILES string of the molecule is CC(C)CN1CC2(CCN(S(=O)(=O)c3cn(C)cn3)CC2)C2(CCN(C)C2=O)C1.O=CO. The molecule has 4 heterocycles. The van der Waals surface area contributed by atoms with Crippen LogP contribution < -0.4 is 0 Å². The largest absolute Gasteiger partial charge is 0.483 e. The number of carbonyl (C=O) groups excluding carboxylic acids is 1. The fourth-order valence-corrected chi connectivity index (χ4v) is 7.25. The fraction of sp³-hybridized carbons (Fsp3) is 0.762. The molecule has 11 heteroatoms. The first-order valence-corrected chi connectivity index (χ1v) is 12.5. The monoisotopic (exact) mass is 469 g/mol. The van der Waals surface area contributed by atoms with Crippen LogP contribution in [0.15, 0.2) is 17.6 Å². The van der Waals surface area contributed by atoms with Gasteiger partial charge < -0.3 is 19.5 Å². The molecule has 1 aromatic heterocycles. The van der Waals surface area contributed by atoms with E-state index in [9.17, 15) is 13.2 Å². The molecule has 0 aliphatic carbocycles. The molecule has 3 saturated heterocycles. The third-order valence-corrected chi connectivity index (χ3v) is 9.04. The number of carbonyl (C=O) groups is 2. The van der Waals surface area contributed by atoms with E-state index in [1.807, 2.05) is 11.9 Å². The van der Waals surface area contributed by atoms with Crippen LogP contribution in [0.5, 0.6) is 0 Å². The Hall–Kier alpha value is -1.98. The number of aryl methyl sites for hydroxylation is 1. The summed E-state index contributed by atoms with van der Waals surface area (Å²) in [5.74, 6) is 0.797. The lowest BCUT2D eigenvalue weighted by atomic mass is 9.60. The number of carboxylic acid groups (broad SMARTS) is 1. The minimum Gasteiger partial charge on any atom is -0.483 e. The van der Waals surface area contributed by atoms with Gasteiger partial charge in [-0.05, 0) is 25.2 Å². The summed E-state index contributed by atoms with van der Waals surface area (Å²) in [5, 5.41) is 7.00. The highest BCUT2D eigenvalue weighted by molar-refractivity contribution is 7.89. The lowest BCUT2D eigenvalue weighted by Gasteiger charge is -2.46. The van der Waals surface area contributed by atoms with Crippen LogP contribution in [-0.2, 0) is 26.7 Å². The molecular weight excluding hydrogens is 434 g/mol. The lowest BCUT2D eigenvalue weighted by molar-refractivity contribution is -0.140. The summed E-state index contributed by atoms with van der Waals surface area (Å²) in [7, 11) is 0.0813. The van der Waals surface area contributed by atoms with Gasteiger partial charge in [0.25, 0.3) is 16.5 Å². The molecular formula is C21H35N5O5S. The first kappa shape index (κ1) is 24.7. The van der Waals surface area contributed by atoms with Gasteiger partial charge in [-0.15, -0.1) is 0 Å². The summed E-state index contributed by atoms with van der Waals surface area (Å²) in [5.41, 5.74) is -0.503. The summed E-state index contributed by atoms with van der Waals surface area (Å²) in [6.45, 7) is 8.55. The van der Waals surface area contributed by atoms with Gasteiger partial charge in [0, 0.05) is 65.0 Å². The minimum atomic E-state index is -3.59. The van der Waals surface area contributed by atoms with E-state index in [1.54, 1.807) is 22.1 Å². The van der Waals surface area contributed by atoms with Crippen LogP contribution in [0.4, 0.5) is 0 Å². The van der Waals surface area contributed by atoms with Gasteiger partial charge in [-0.2, -0.15) is 4.31 Å². The summed E-state index contributed by atoms with van der Waals surface area (Å²) in [6.07, 6.45) is 5.40. The van der Waals surface area contributed by atoms with Crippen molar-refractivity contribution in [1.29, 1.82) is 0 Å². The van der Waals surface area contributed by atoms with Crippen molar-refractivity contribution in [2.45, 2.75) is 38.1 Å². The first-order valence-electron chi connectivity index (χ1n) is 11.1. The number of sulfonamides is 1. The molecule has 0 aromatic carbocycles. The van der Waals surface area contributed by atoms with Crippen LogP contribution >= 0.6 is 0 Å². The van der Waals surface area contributed by atoms with E-state index >= 15 is 0 Å². The average molecular weight is 470 g/mol. The van der Waals surface area contributed by atoms with Crippen molar-refractivity contribution >= 4 is 22.4 Å². The maximum atomic E-state index is 13.3. The van der Waals surface area contributed by atoms with Crippen LogP contribution in [0.2, 0.25) is 0 Å². The first-order chi connectivity index (χ1) is 15.0. The Balaban J connectivity index is 0.000000913. The maximum Gasteiger partial charge on any atom is 0.290 e. The van der Waals surface area contributed by atoms with E-state index in [0.29, 0.717) is 19.0 Å². The Kier molecular flexibility index (Phi) is 7.02. The van der Waals surface area contributed by atoms with Crippen molar-refractivity contribution in [2.24, 2.45) is 23.8 Å². The minimum absolute atomic E-state index is 0.107.